The molecular weight excluding hydrogens is 226 g/mol. The van der Waals surface area contributed by atoms with Gasteiger partial charge in [-0.1, -0.05) is 0 Å². The maximum absolute atomic E-state index is 4.43. The van der Waals surface area contributed by atoms with E-state index in [0.29, 0.717) is 6.04 Å². The van der Waals surface area contributed by atoms with Crippen LogP contribution in [0.2, 0.25) is 0 Å². The minimum atomic E-state index is 0.542. The second kappa shape index (κ2) is 4.24. The fourth-order valence-corrected chi connectivity index (χ4v) is 3.59. The van der Waals surface area contributed by atoms with Gasteiger partial charge in [0.1, 0.15) is 5.82 Å². The van der Waals surface area contributed by atoms with Crippen LogP contribution in [0.3, 0.4) is 0 Å². The van der Waals surface area contributed by atoms with E-state index >= 15 is 0 Å². The molecule has 3 N–H and O–H groups in total. The molecule has 3 atom stereocenters. The number of rotatable bonds is 4. The van der Waals surface area contributed by atoms with Gasteiger partial charge in [-0.2, -0.15) is 5.10 Å². The van der Waals surface area contributed by atoms with Gasteiger partial charge >= 0.3 is 0 Å². The molecule has 1 aromatic rings. The molecule has 0 radical (unpaired) electrons. The average Bonchev–Trinajstić information content (AvgIpc) is 2.99. The monoisotopic (exact) mass is 247 g/mol. The lowest BCUT2D eigenvalue weighted by Crippen LogP contribution is -2.44. The zero-order chi connectivity index (χ0) is 11.9. The molecule has 3 aliphatic heterocycles. The van der Waals surface area contributed by atoms with Gasteiger partial charge in [0.15, 0.2) is 0 Å². The third-order valence-electron chi connectivity index (χ3n) is 4.75. The molecule has 2 bridgehead atoms. The number of anilines is 1. The average molecular weight is 247 g/mol. The fraction of sp³-hybridized carbons (Fsp3) is 0.769. The molecular formula is C13H21N5. The van der Waals surface area contributed by atoms with E-state index in [1.165, 1.54) is 25.1 Å². The summed E-state index contributed by atoms with van der Waals surface area (Å²) < 4.78 is 2.14. The lowest BCUT2D eigenvalue weighted by molar-refractivity contribution is 0.320. The van der Waals surface area contributed by atoms with Crippen molar-refractivity contribution >= 4 is 5.82 Å². The Morgan fingerprint density at radius 1 is 1.39 bits per heavy atom. The van der Waals surface area contributed by atoms with Crippen LogP contribution in [0.5, 0.6) is 0 Å². The number of aromatic nitrogens is 2. The van der Waals surface area contributed by atoms with Crippen molar-refractivity contribution in [1.29, 1.82) is 0 Å². The maximum Gasteiger partial charge on any atom is 0.124 e. The number of nitrogens with zero attached hydrogens (tertiary/aromatic N) is 2. The Bertz CT molecular complexity index is 425. The van der Waals surface area contributed by atoms with Crippen molar-refractivity contribution in [2.45, 2.75) is 37.4 Å². The molecule has 0 amide bonds. The Morgan fingerprint density at radius 2 is 2.33 bits per heavy atom. The van der Waals surface area contributed by atoms with E-state index in [-0.39, 0.29) is 0 Å². The largest absolute Gasteiger partial charge is 0.370 e. The molecule has 3 saturated heterocycles. The van der Waals surface area contributed by atoms with Gasteiger partial charge in [-0.15, -0.1) is 0 Å². The first-order valence-corrected chi connectivity index (χ1v) is 7.14. The third-order valence-corrected chi connectivity index (χ3v) is 4.75. The predicted octanol–water partition coefficient (Wildman–Crippen LogP) is 0.580. The van der Waals surface area contributed by atoms with Crippen LogP contribution in [0, 0.1) is 5.92 Å². The fourth-order valence-electron chi connectivity index (χ4n) is 3.59. The van der Waals surface area contributed by atoms with Crippen LogP contribution in [0.1, 0.15) is 25.3 Å². The summed E-state index contributed by atoms with van der Waals surface area (Å²) in [6, 6.07) is 4.19. The van der Waals surface area contributed by atoms with Gasteiger partial charge in [-0.3, -0.25) is 0 Å². The van der Waals surface area contributed by atoms with E-state index in [2.05, 4.69) is 31.8 Å². The van der Waals surface area contributed by atoms with Crippen molar-refractivity contribution in [3.8, 4) is 0 Å². The van der Waals surface area contributed by atoms with E-state index < -0.39 is 0 Å². The summed E-state index contributed by atoms with van der Waals surface area (Å²) in [4.78, 5) is 0. The Hall–Kier alpha value is -1.07. The van der Waals surface area contributed by atoms with E-state index in [1.54, 1.807) is 0 Å². The van der Waals surface area contributed by atoms with Crippen molar-refractivity contribution in [3.63, 3.8) is 0 Å². The van der Waals surface area contributed by atoms with Crippen molar-refractivity contribution in [1.82, 2.24) is 20.4 Å². The molecule has 98 valence electrons. The minimum Gasteiger partial charge on any atom is -0.370 e. The highest BCUT2D eigenvalue weighted by atomic mass is 15.4. The normalized spacial score (nSPS) is 34.8. The summed E-state index contributed by atoms with van der Waals surface area (Å²) in [6.07, 6.45) is 5.99. The molecule has 18 heavy (non-hydrogen) atoms. The van der Waals surface area contributed by atoms with E-state index in [1.807, 2.05) is 6.20 Å². The summed E-state index contributed by atoms with van der Waals surface area (Å²) in [5.74, 6) is 1.98. The first-order chi connectivity index (χ1) is 8.90. The van der Waals surface area contributed by atoms with Gasteiger partial charge < -0.3 is 16.0 Å². The molecule has 0 aliphatic carbocycles. The van der Waals surface area contributed by atoms with Crippen molar-refractivity contribution in [3.05, 3.63) is 12.3 Å². The van der Waals surface area contributed by atoms with Crippen LogP contribution in [0.15, 0.2) is 12.3 Å². The van der Waals surface area contributed by atoms with Gasteiger partial charge in [0.05, 0.1) is 12.2 Å². The second-order valence-corrected chi connectivity index (χ2v) is 5.90. The zero-order valence-electron chi connectivity index (χ0n) is 10.6. The molecule has 0 aromatic carbocycles. The molecule has 4 heterocycles. The summed E-state index contributed by atoms with van der Waals surface area (Å²) in [7, 11) is 0. The Kier molecular flexibility index (Phi) is 2.55. The SMILES string of the molecule is c1cc(NC[C@H]2C[C@H]3CC[C@@H]2N3)n(C2CNC2)n1. The maximum atomic E-state index is 4.43. The lowest BCUT2D eigenvalue weighted by Gasteiger charge is -2.29. The quantitative estimate of drug-likeness (QED) is 0.728. The summed E-state index contributed by atoms with van der Waals surface area (Å²) in [5, 5.41) is 15.0. The number of fused-ring (bicyclic) bond motifs is 2. The molecule has 0 saturated carbocycles. The number of nitrogens with one attached hydrogen (secondary N) is 3. The van der Waals surface area contributed by atoms with E-state index in [4.69, 9.17) is 0 Å². The van der Waals surface area contributed by atoms with Gasteiger partial charge in [0.2, 0.25) is 0 Å². The van der Waals surface area contributed by atoms with Gasteiger partial charge in [-0.25, -0.2) is 4.68 Å². The molecule has 0 unspecified atom stereocenters. The topological polar surface area (TPSA) is 53.9 Å². The number of hydrogen-bond donors (Lipinski definition) is 3. The van der Waals surface area contributed by atoms with Gasteiger partial charge in [0.25, 0.3) is 0 Å². The second-order valence-electron chi connectivity index (χ2n) is 5.90. The van der Waals surface area contributed by atoms with Crippen LogP contribution in [-0.2, 0) is 0 Å². The van der Waals surface area contributed by atoms with E-state index in [9.17, 15) is 0 Å². The van der Waals surface area contributed by atoms with Crippen LogP contribution in [0.25, 0.3) is 0 Å². The Labute approximate surface area is 107 Å². The highest BCUT2D eigenvalue weighted by Crippen LogP contribution is 2.33. The van der Waals surface area contributed by atoms with Gasteiger partial charge in [-0.05, 0) is 25.2 Å². The lowest BCUT2D eigenvalue weighted by atomic mass is 9.89. The predicted molar refractivity (Wildman–Crippen MR) is 70.7 cm³/mol. The third kappa shape index (κ3) is 1.73. The van der Waals surface area contributed by atoms with Crippen LogP contribution in [0.4, 0.5) is 5.82 Å². The Balaban J connectivity index is 1.38. The summed E-state index contributed by atoms with van der Waals surface area (Å²) >= 11 is 0. The minimum absolute atomic E-state index is 0.542. The van der Waals surface area contributed by atoms with Crippen LogP contribution >= 0.6 is 0 Å². The molecule has 3 aliphatic rings. The molecule has 5 heteroatoms. The summed E-state index contributed by atoms with van der Waals surface area (Å²) in [6.45, 7) is 3.18. The van der Waals surface area contributed by atoms with Crippen LogP contribution in [-0.4, -0.2) is 41.5 Å². The van der Waals surface area contributed by atoms with Crippen molar-refractivity contribution in [2.24, 2.45) is 5.92 Å². The molecule has 4 rings (SSSR count). The molecule has 0 spiro atoms. The molecule has 1 aromatic heterocycles. The first-order valence-electron chi connectivity index (χ1n) is 7.14. The smallest absolute Gasteiger partial charge is 0.124 e. The standard InChI is InChI=1S/C13H21N5/c1-2-12-9(5-10(1)17-12)6-15-13-3-4-16-18(13)11-7-14-8-11/h3-4,9-12,14-15,17H,1-2,5-8H2/t9-,10-,12+/m1/s1. The summed E-state index contributed by atoms with van der Waals surface area (Å²) in [5.41, 5.74) is 0. The Morgan fingerprint density at radius 3 is 3.00 bits per heavy atom. The first kappa shape index (κ1) is 10.8. The number of hydrogen-bond acceptors (Lipinski definition) is 4. The highest BCUT2D eigenvalue weighted by molar-refractivity contribution is 5.35. The highest BCUT2D eigenvalue weighted by Gasteiger charge is 2.38. The zero-order valence-corrected chi connectivity index (χ0v) is 10.6. The van der Waals surface area contributed by atoms with Crippen molar-refractivity contribution < 1.29 is 0 Å². The molecule has 3 fully saturated rings. The van der Waals surface area contributed by atoms with E-state index in [0.717, 1.165) is 37.6 Å². The molecule has 5 nitrogen and oxygen atoms in total. The van der Waals surface area contributed by atoms with Gasteiger partial charge in [0, 0.05) is 37.8 Å². The van der Waals surface area contributed by atoms with Crippen LogP contribution < -0.4 is 16.0 Å². The van der Waals surface area contributed by atoms with Crippen molar-refractivity contribution in [2.75, 3.05) is 25.0 Å².